The first-order chi connectivity index (χ1) is 10.3. The van der Waals surface area contributed by atoms with Gasteiger partial charge in [-0.25, -0.2) is 0 Å². The number of nitrogens with zero attached hydrogens (tertiary/aromatic N) is 3. The first-order valence-corrected chi connectivity index (χ1v) is 9.33. The minimum absolute atomic E-state index is 0.527. The normalized spacial score (nSPS) is 25.4. The van der Waals surface area contributed by atoms with Gasteiger partial charge in [0, 0.05) is 29.6 Å². The van der Waals surface area contributed by atoms with Crippen molar-refractivity contribution in [2.75, 3.05) is 19.6 Å². The molecule has 0 N–H and O–H groups in total. The maximum atomic E-state index is 6.69. The molecule has 3 nitrogen and oxygen atoms in total. The molecule has 1 aromatic heterocycles. The van der Waals surface area contributed by atoms with E-state index in [1.54, 1.807) is 0 Å². The SMILES string of the molecule is CCCCCCc1nsnc1C1=C(Cl)C2CCCN(C1)C2. The van der Waals surface area contributed by atoms with E-state index < -0.39 is 0 Å². The second-order valence-corrected chi connectivity index (χ2v) is 7.21. The lowest BCUT2D eigenvalue weighted by molar-refractivity contribution is 0.205. The number of aryl methyl sites for hydroxylation is 1. The Balaban J connectivity index is 1.75. The van der Waals surface area contributed by atoms with Gasteiger partial charge in [-0.3, -0.25) is 4.90 Å². The smallest absolute Gasteiger partial charge is 0.106 e. The van der Waals surface area contributed by atoms with Gasteiger partial charge in [-0.05, 0) is 32.2 Å². The molecule has 2 bridgehead atoms. The summed E-state index contributed by atoms with van der Waals surface area (Å²) in [5, 5.41) is 1.06. The molecule has 3 rings (SSSR count). The second kappa shape index (κ2) is 7.21. The molecule has 116 valence electrons. The fourth-order valence-electron chi connectivity index (χ4n) is 3.46. The quantitative estimate of drug-likeness (QED) is 0.729. The van der Waals surface area contributed by atoms with Crippen molar-refractivity contribution in [1.82, 2.24) is 13.6 Å². The van der Waals surface area contributed by atoms with Gasteiger partial charge in [-0.15, -0.1) is 0 Å². The van der Waals surface area contributed by atoms with Gasteiger partial charge in [0.05, 0.1) is 17.4 Å². The van der Waals surface area contributed by atoms with Crippen molar-refractivity contribution < 1.29 is 0 Å². The molecule has 2 aliphatic heterocycles. The van der Waals surface area contributed by atoms with Crippen molar-refractivity contribution in [3.05, 3.63) is 16.4 Å². The van der Waals surface area contributed by atoms with Gasteiger partial charge >= 0.3 is 0 Å². The molecular weight excluding hydrogens is 302 g/mol. The largest absolute Gasteiger partial charge is 0.298 e. The highest BCUT2D eigenvalue weighted by molar-refractivity contribution is 6.99. The van der Waals surface area contributed by atoms with Crippen LogP contribution in [0.1, 0.15) is 56.8 Å². The van der Waals surface area contributed by atoms with Crippen LogP contribution in [0.4, 0.5) is 0 Å². The molecule has 1 fully saturated rings. The topological polar surface area (TPSA) is 29.0 Å². The molecular formula is C16H24ClN3S. The molecule has 0 saturated carbocycles. The van der Waals surface area contributed by atoms with Gasteiger partial charge in [-0.2, -0.15) is 8.75 Å². The van der Waals surface area contributed by atoms with Crippen LogP contribution < -0.4 is 0 Å². The Morgan fingerprint density at radius 3 is 3.05 bits per heavy atom. The molecule has 5 heteroatoms. The number of piperidine rings is 1. The minimum atomic E-state index is 0.527. The number of halogens is 1. The second-order valence-electron chi connectivity index (χ2n) is 6.27. The molecule has 2 aliphatic rings. The lowest BCUT2D eigenvalue weighted by Gasteiger charge is -2.38. The van der Waals surface area contributed by atoms with Gasteiger partial charge in [0.1, 0.15) is 5.69 Å². The predicted octanol–water partition coefficient (Wildman–Crippen LogP) is 4.34. The highest BCUT2D eigenvalue weighted by Gasteiger charge is 2.32. The number of hydrogen-bond acceptors (Lipinski definition) is 4. The first kappa shape index (κ1) is 15.4. The van der Waals surface area contributed by atoms with E-state index in [-0.39, 0.29) is 0 Å². The predicted molar refractivity (Wildman–Crippen MR) is 89.7 cm³/mol. The number of fused-ring (bicyclic) bond motifs is 2. The van der Waals surface area contributed by atoms with E-state index in [9.17, 15) is 0 Å². The van der Waals surface area contributed by atoms with Crippen LogP contribution in [0, 0.1) is 5.92 Å². The summed E-state index contributed by atoms with van der Waals surface area (Å²) in [7, 11) is 0. The summed E-state index contributed by atoms with van der Waals surface area (Å²) in [6, 6.07) is 0. The zero-order valence-corrected chi connectivity index (χ0v) is 14.3. The van der Waals surface area contributed by atoms with Gasteiger partial charge in [0.25, 0.3) is 0 Å². The lowest BCUT2D eigenvalue weighted by atomic mass is 9.89. The Hall–Kier alpha value is -0.450. The average Bonchev–Trinajstić information content (AvgIpc) is 2.96. The third-order valence-electron chi connectivity index (χ3n) is 4.64. The van der Waals surface area contributed by atoms with Crippen molar-refractivity contribution in [1.29, 1.82) is 0 Å². The van der Waals surface area contributed by atoms with Gasteiger partial charge < -0.3 is 0 Å². The molecule has 0 spiro atoms. The highest BCUT2D eigenvalue weighted by Crippen LogP contribution is 2.38. The zero-order chi connectivity index (χ0) is 14.7. The monoisotopic (exact) mass is 325 g/mol. The number of aromatic nitrogens is 2. The van der Waals surface area contributed by atoms with Crippen molar-refractivity contribution in [2.45, 2.75) is 51.9 Å². The van der Waals surface area contributed by atoms with Gasteiger partial charge in [0.2, 0.25) is 0 Å². The summed E-state index contributed by atoms with van der Waals surface area (Å²) in [5.41, 5.74) is 3.52. The van der Waals surface area contributed by atoms with Crippen LogP contribution in [0.5, 0.6) is 0 Å². The van der Waals surface area contributed by atoms with Crippen molar-refractivity contribution in [3.63, 3.8) is 0 Å². The minimum Gasteiger partial charge on any atom is -0.298 e. The van der Waals surface area contributed by atoms with Crippen LogP contribution in [0.15, 0.2) is 5.03 Å². The molecule has 0 aromatic carbocycles. The summed E-state index contributed by atoms with van der Waals surface area (Å²) in [5.74, 6) is 0.527. The summed E-state index contributed by atoms with van der Waals surface area (Å²) in [6.07, 6.45) is 8.63. The van der Waals surface area contributed by atoms with E-state index in [4.69, 9.17) is 11.6 Å². The summed E-state index contributed by atoms with van der Waals surface area (Å²) in [6.45, 7) is 5.54. The molecule has 2 atom stereocenters. The zero-order valence-electron chi connectivity index (χ0n) is 12.8. The van der Waals surface area contributed by atoms with E-state index in [1.165, 1.54) is 68.1 Å². The molecule has 2 unspecified atom stereocenters. The molecule has 0 radical (unpaired) electrons. The van der Waals surface area contributed by atoms with Gasteiger partial charge in [0.15, 0.2) is 0 Å². The van der Waals surface area contributed by atoms with Crippen LogP contribution >= 0.6 is 23.3 Å². The van der Waals surface area contributed by atoms with Crippen LogP contribution in [-0.2, 0) is 6.42 Å². The molecule has 3 heterocycles. The van der Waals surface area contributed by atoms with Crippen molar-refractivity contribution in [3.8, 4) is 0 Å². The van der Waals surface area contributed by atoms with E-state index >= 15 is 0 Å². The van der Waals surface area contributed by atoms with Crippen LogP contribution in [0.3, 0.4) is 0 Å². The van der Waals surface area contributed by atoms with Crippen LogP contribution in [-0.4, -0.2) is 33.3 Å². The Kier molecular flexibility index (Phi) is 5.30. The number of unbranched alkanes of at least 4 members (excludes halogenated alkanes) is 3. The van der Waals surface area contributed by atoms with Crippen molar-refractivity contribution >= 4 is 28.9 Å². The molecule has 1 aromatic rings. The molecule has 1 saturated heterocycles. The standard InChI is InChI=1S/C16H24ClN3S/c1-2-3-4-5-8-14-16(19-21-18-14)13-11-20-9-6-7-12(10-20)15(13)17/h12H,2-11H2,1H3. The fourth-order valence-corrected chi connectivity index (χ4v) is 4.40. The maximum absolute atomic E-state index is 6.69. The number of hydrogen-bond donors (Lipinski definition) is 0. The highest BCUT2D eigenvalue weighted by atomic mass is 35.5. The molecule has 0 aliphatic carbocycles. The summed E-state index contributed by atoms with van der Waals surface area (Å²) < 4.78 is 9.11. The van der Waals surface area contributed by atoms with Crippen LogP contribution in [0.2, 0.25) is 0 Å². The average molecular weight is 326 g/mol. The van der Waals surface area contributed by atoms with E-state index in [0.29, 0.717) is 5.92 Å². The van der Waals surface area contributed by atoms with Gasteiger partial charge in [-0.1, -0.05) is 37.8 Å². The molecule has 21 heavy (non-hydrogen) atoms. The van der Waals surface area contributed by atoms with Crippen molar-refractivity contribution in [2.24, 2.45) is 5.92 Å². The fraction of sp³-hybridized carbons (Fsp3) is 0.750. The number of rotatable bonds is 6. The third kappa shape index (κ3) is 3.49. The molecule has 0 amide bonds. The maximum Gasteiger partial charge on any atom is 0.106 e. The third-order valence-corrected chi connectivity index (χ3v) is 5.75. The van der Waals surface area contributed by atoms with Crippen LogP contribution in [0.25, 0.3) is 5.57 Å². The Morgan fingerprint density at radius 1 is 1.29 bits per heavy atom. The Bertz CT molecular complexity index is 511. The summed E-state index contributed by atoms with van der Waals surface area (Å²) >= 11 is 8.03. The summed E-state index contributed by atoms with van der Waals surface area (Å²) in [4.78, 5) is 2.52. The lowest BCUT2D eigenvalue weighted by Crippen LogP contribution is -2.40. The Labute approximate surface area is 136 Å². The Morgan fingerprint density at radius 2 is 2.19 bits per heavy atom. The van der Waals surface area contributed by atoms with E-state index in [1.807, 2.05) is 0 Å². The van der Waals surface area contributed by atoms with E-state index in [0.717, 1.165) is 30.2 Å². The van der Waals surface area contributed by atoms with E-state index in [2.05, 4.69) is 20.6 Å². The first-order valence-electron chi connectivity index (χ1n) is 8.22.